The molecule has 14 heavy (non-hydrogen) atoms. The van der Waals surface area contributed by atoms with Gasteiger partial charge >= 0.3 is 0 Å². The minimum absolute atomic E-state index is 0.105. The Balaban J connectivity index is 2.83. The van der Waals surface area contributed by atoms with E-state index in [4.69, 9.17) is 5.11 Å². The van der Waals surface area contributed by atoms with E-state index in [1.54, 1.807) is 0 Å². The molecule has 0 unspecified atom stereocenters. The smallest absolute Gasteiger partial charge is 0.0682 e. The van der Waals surface area contributed by atoms with Crippen molar-refractivity contribution in [2.45, 2.75) is 20.0 Å². The highest BCUT2D eigenvalue weighted by atomic mass is 32.1. The number of hydrogen-bond acceptors (Lipinski definition) is 2. The zero-order valence-corrected chi connectivity index (χ0v) is 9.30. The van der Waals surface area contributed by atoms with Crippen LogP contribution in [-0.4, -0.2) is 10.9 Å². The molecule has 0 bridgehead atoms. The van der Waals surface area contributed by atoms with Gasteiger partial charge in [-0.15, -0.1) is 0 Å². The average molecular weight is 208 g/mol. The Kier molecular flexibility index (Phi) is 4.77. The first-order chi connectivity index (χ1) is 6.77. The predicted molar refractivity (Wildman–Crippen MR) is 64.6 cm³/mol. The summed E-state index contributed by atoms with van der Waals surface area (Å²) in [5, 5.41) is 8.99. The van der Waals surface area contributed by atoms with E-state index in [0.29, 0.717) is 0 Å². The Bertz CT molecular complexity index is 318. The normalized spacial score (nSPS) is 11.1. The van der Waals surface area contributed by atoms with Crippen LogP contribution in [0.2, 0.25) is 0 Å². The van der Waals surface area contributed by atoms with Crippen molar-refractivity contribution < 1.29 is 5.11 Å². The highest BCUT2D eigenvalue weighted by Crippen LogP contribution is 2.13. The maximum atomic E-state index is 8.99. The maximum absolute atomic E-state index is 8.99. The lowest BCUT2D eigenvalue weighted by molar-refractivity contribution is 0.282. The molecule has 0 spiro atoms. The van der Waals surface area contributed by atoms with Gasteiger partial charge in [-0.25, -0.2) is 0 Å². The Hall–Kier alpha value is -0.730. The van der Waals surface area contributed by atoms with E-state index >= 15 is 0 Å². The second kappa shape index (κ2) is 5.89. The number of benzene rings is 1. The van der Waals surface area contributed by atoms with Crippen molar-refractivity contribution in [1.29, 1.82) is 0 Å². The Morgan fingerprint density at radius 3 is 2.86 bits per heavy atom. The van der Waals surface area contributed by atoms with Crippen LogP contribution >= 0.6 is 12.6 Å². The number of aryl methyl sites for hydroxylation is 1. The molecular formula is C12H16OS. The van der Waals surface area contributed by atoms with Gasteiger partial charge in [0.15, 0.2) is 0 Å². The third-order valence-corrected chi connectivity index (χ3v) is 2.38. The van der Waals surface area contributed by atoms with Gasteiger partial charge in [-0.3, -0.25) is 0 Å². The van der Waals surface area contributed by atoms with Crippen LogP contribution in [0.5, 0.6) is 0 Å². The molecule has 1 rings (SSSR count). The van der Waals surface area contributed by atoms with Crippen LogP contribution in [0.4, 0.5) is 0 Å². The summed E-state index contributed by atoms with van der Waals surface area (Å²) in [6.07, 6.45) is 5.17. The van der Waals surface area contributed by atoms with Crippen molar-refractivity contribution in [2.24, 2.45) is 0 Å². The van der Waals surface area contributed by atoms with E-state index < -0.39 is 0 Å². The summed E-state index contributed by atoms with van der Waals surface area (Å²) < 4.78 is 0. The quantitative estimate of drug-likeness (QED) is 0.729. The van der Waals surface area contributed by atoms with Gasteiger partial charge in [0, 0.05) is 0 Å². The number of aliphatic hydroxyl groups is 1. The lowest BCUT2D eigenvalue weighted by atomic mass is 10.0. The van der Waals surface area contributed by atoms with E-state index in [9.17, 15) is 0 Å². The first-order valence-electron chi connectivity index (χ1n) is 4.75. The van der Waals surface area contributed by atoms with E-state index in [2.05, 4.69) is 31.7 Å². The minimum atomic E-state index is 0.105. The summed E-state index contributed by atoms with van der Waals surface area (Å²) in [6.45, 7) is 2.18. The van der Waals surface area contributed by atoms with Crippen LogP contribution < -0.4 is 0 Å². The van der Waals surface area contributed by atoms with Crippen molar-refractivity contribution in [3.8, 4) is 0 Å². The van der Waals surface area contributed by atoms with Gasteiger partial charge in [0.2, 0.25) is 0 Å². The summed E-state index contributed by atoms with van der Waals surface area (Å²) in [7, 11) is 0. The standard InChI is InChI=1S/C12H16OS/c1-10-5-6-11(9-13)8-12(10)4-2-3-7-14/h2,4-6,8,13-14H,3,7,9H2,1H3. The van der Waals surface area contributed by atoms with Crippen molar-refractivity contribution in [1.82, 2.24) is 0 Å². The van der Waals surface area contributed by atoms with E-state index in [-0.39, 0.29) is 6.61 Å². The molecule has 0 amide bonds. The number of aliphatic hydroxyl groups excluding tert-OH is 1. The van der Waals surface area contributed by atoms with Gasteiger partial charge in [0.05, 0.1) is 6.61 Å². The van der Waals surface area contributed by atoms with Gasteiger partial charge in [-0.2, -0.15) is 12.6 Å². The van der Waals surface area contributed by atoms with Gasteiger partial charge in [0.1, 0.15) is 0 Å². The van der Waals surface area contributed by atoms with Crippen LogP contribution in [0.25, 0.3) is 6.08 Å². The molecule has 0 aliphatic carbocycles. The molecule has 0 fully saturated rings. The van der Waals surface area contributed by atoms with Gasteiger partial charge in [-0.1, -0.05) is 24.3 Å². The molecule has 1 N–H and O–H groups in total. The topological polar surface area (TPSA) is 20.2 Å². The molecule has 0 saturated heterocycles. The first kappa shape index (κ1) is 11.3. The summed E-state index contributed by atoms with van der Waals surface area (Å²) in [4.78, 5) is 0. The summed E-state index contributed by atoms with van der Waals surface area (Å²) in [6, 6.07) is 6.00. The fourth-order valence-corrected chi connectivity index (χ4v) is 1.40. The summed E-state index contributed by atoms with van der Waals surface area (Å²) in [5.74, 6) is 0.870. The largest absolute Gasteiger partial charge is 0.392 e. The lowest BCUT2D eigenvalue weighted by Gasteiger charge is -2.02. The number of allylic oxidation sites excluding steroid dienone is 1. The fourth-order valence-electron chi connectivity index (χ4n) is 1.25. The lowest BCUT2D eigenvalue weighted by Crippen LogP contribution is -1.87. The molecule has 0 aromatic heterocycles. The van der Waals surface area contributed by atoms with E-state index in [0.717, 1.165) is 17.7 Å². The molecule has 76 valence electrons. The van der Waals surface area contributed by atoms with Gasteiger partial charge in [0.25, 0.3) is 0 Å². The van der Waals surface area contributed by atoms with Crippen molar-refractivity contribution in [3.05, 3.63) is 41.0 Å². The molecule has 1 aromatic rings. The highest BCUT2D eigenvalue weighted by molar-refractivity contribution is 7.80. The molecular weight excluding hydrogens is 192 g/mol. The van der Waals surface area contributed by atoms with E-state index in [1.807, 2.05) is 18.2 Å². The SMILES string of the molecule is Cc1ccc(CO)cc1C=CCCS. The molecule has 2 heteroatoms. The van der Waals surface area contributed by atoms with Gasteiger partial charge in [-0.05, 0) is 41.9 Å². The van der Waals surface area contributed by atoms with Crippen LogP contribution in [0.1, 0.15) is 23.1 Å². The van der Waals surface area contributed by atoms with Gasteiger partial charge < -0.3 is 5.11 Å². The molecule has 0 aliphatic rings. The molecule has 0 radical (unpaired) electrons. The fraction of sp³-hybridized carbons (Fsp3) is 0.333. The van der Waals surface area contributed by atoms with Crippen LogP contribution in [-0.2, 0) is 6.61 Å². The summed E-state index contributed by atoms with van der Waals surface area (Å²) >= 11 is 4.14. The number of rotatable bonds is 4. The average Bonchev–Trinajstić information content (AvgIpc) is 2.21. The second-order valence-corrected chi connectivity index (χ2v) is 3.71. The monoisotopic (exact) mass is 208 g/mol. The Morgan fingerprint density at radius 2 is 2.21 bits per heavy atom. The zero-order valence-electron chi connectivity index (χ0n) is 8.40. The molecule has 0 aliphatic heterocycles. The number of hydrogen-bond donors (Lipinski definition) is 2. The Labute approximate surface area is 90.9 Å². The van der Waals surface area contributed by atoms with Crippen molar-refractivity contribution in [3.63, 3.8) is 0 Å². The Morgan fingerprint density at radius 1 is 1.43 bits per heavy atom. The molecule has 0 heterocycles. The van der Waals surface area contributed by atoms with Crippen molar-refractivity contribution in [2.75, 3.05) is 5.75 Å². The van der Waals surface area contributed by atoms with Crippen LogP contribution in [0.3, 0.4) is 0 Å². The maximum Gasteiger partial charge on any atom is 0.0682 e. The predicted octanol–water partition coefficient (Wildman–Crippen LogP) is 2.82. The highest BCUT2D eigenvalue weighted by Gasteiger charge is 1.95. The third-order valence-electron chi connectivity index (χ3n) is 2.12. The summed E-state index contributed by atoms with van der Waals surface area (Å²) in [5.41, 5.74) is 3.37. The van der Waals surface area contributed by atoms with Crippen LogP contribution in [0, 0.1) is 6.92 Å². The van der Waals surface area contributed by atoms with E-state index in [1.165, 1.54) is 11.1 Å². The van der Waals surface area contributed by atoms with Crippen LogP contribution in [0.15, 0.2) is 24.3 Å². The third kappa shape index (κ3) is 3.20. The molecule has 0 saturated carbocycles. The second-order valence-electron chi connectivity index (χ2n) is 3.26. The molecule has 1 nitrogen and oxygen atoms in total. The number of thiol groups is 1. The molecule has 0 atom stereocenters. The molecule has 1 aromatic carbocycles. The van der Waals surface area contributed by atoms with Crippen molar-refractivity contribution >= 4 is 18.7 Å². The zero-order chi connectivity index (χ0) is 10.4. The minimum Gasteiger partial charge on any atom is -0.392 e. The first-order valence-corrected chi connectivity index (χ1v) is 5.39.